The number of rotatable bonds is 29. The van der Waals surface area contributed by atoms with Crippen molar-refractivity contribution >= 4 is 17.9 Å². The molecule has 0 aromatic heterocycles. The van der Waals surface area contributed by atoms with E-state index in [1.807, 2.05) is 0 Å². The maximum atomic E-state index is 12.5. The van der Waals surface area contributed by atoms with Gasteiger partial charge in [-0.25, -0.2) is 0 Å². The monoisotopic (exact) mass is 609 g/mol. The lowest BCUT2D eigenvalue weighted by molar-refractivity contribution is -0.889. The summed E-state index contributed by atoms with van der Waals surface area (Å²) < 4.78 is 16.9. The zero-order valence-corrected chi connectivity index (χ0v) is 28.1. The number of unbranched alkanes of at least 4 members (excludes halogenated alkanes) is 12. The van der Waals surface area contributed by atoms with Gasteiger partial charge in [-0.2, -0.15) is 0 Å². The Morgan fingerprint density at radius 2 is 1.23 bits per heavy atom. The number of ether oxygens (including phenoxy) is 3. The van der Waals surface area contributed by atoms with Crippen molar-refractivity contribution in [1.82, 2.24) is 0 Å². The molecule has 0 radical (unpaired) electrons. The molecule has 0 heterocycles. The Labute approximate surface area is 262 Å². The number of carbonyl (C=O) groups is 3. The van der Waals surface area contributed by atoms with Crippen LogP contribution in [-0.2, 0) is 28.6 Å². The summed E-state index contributed by atoms with van der Waals surface area (Å²) in [5, 5.41) is 11.5. The number of quaternary nitrogens is 1. The van der Waals surface area contributed by atoms with Crippen LogP contribution in [0.3, 0.4) is 0 Å². The van der Waals surface area contributed by atoms with E-state index < -0.39 is 18.1 Å². The van der Waals surface area contributed by atoms with Crippen molar-refractivity contribution in [3.63, 3.8) is 0 Å². The molecule has 8 heteroatoms. The first-order chi connectivity index (χ1) is 20.6. The van der Waals surface area contributed by atoms with Gasteiger partial charge in [-0.3, -0.25) is 9.59 Å². The number of esters is 2. The lowest BCUT2D eigenvalue weighted by Gasteiger charge is -2.34. The van der Waals surface area contributed by atoms with Crippen LogP contribution < -0.4 is 5.11 Å². The molecule has 250 valence electrons. The Hall–Kier alpha value is -2.19. The lowest BCUT2D eigenvalue weighted by atomic mass is 10.1. The molecular formula is C35H63NO7. The van der Waals surface area contributed by atoms with Gasteiger partial charge >= 0.3 is 11.9 Å². The highest BCUT2D eigenvalue weighted by atomic mass is 16.6. The van der Waals surface area contributed by atoms with Crippen LogP contribution in [0.4, 0.5) is 0 Å². The molecule has 0 aliphatic heterocycles. The molecule has 0 aromatic carbocycles. The van der Waals surface area contributed by atoms with E-state index in [0.29, 0.717) is 6.42 Å². The summed E-state index contributed by atoms with van der Waals surface area (Å²) in [6, 6.07) is -0.725. The second-order valence-corrected chi connectivity index (χ2v) is 12.4. The number of carboxylic acids is 1. The summed E-state index contributed by atoms with van der Waals surface area (Å²) in [4.78, 5) is 36.4. The molecule has 8 nitrogen and oxygen atoms in total. The third kappa shape index (κ3) is 26.0. The van der Waals surface area contributed by atoms with Crippen LogP contribution in [0.2, 0.25) is 0 Å². The molecule has 0 fully saturated rings. The quantitative estimate of drug-likeness (QED) is 0.0415. The third-order valence-corrected chi connectivity index (χ3v) is 7.37. The normalized spacial score (nSPS) is 13.4. The summed E-state index contributed by atoms with van der Waals surface area (Å²) in [5.74, 6) is -1.78. The molecule has 2 atom stereocenters. The summed E-state index contributed by atoms with van der Waals surface area (Å²) in [7, 11) is 5.37. The van der Waals surface area contributed by atoms with Gasteiger partial charge in [0.25, 0.3) is 0 Å². The molecule has 0 aromatic rings. The molecule has 0 bridgehead atoms. The van der Waals surface area contributed by atoms with Crippen LogP contribution in [0.1, 0.15) is 129 Å². The number of aliphatic carboxylic acids is 1. The number of allylic oxidation sites excluding steroid dienone is 4. The highest BCUT2D eigenvalue weighted by Crippen LogP contribution is 2.12. The van der Waals surface area contributed by atoms with E-state index in [0.717, 1.165) is 51.4 Å². The van der Waals surface area contributed by atoms with Crippen LogP contribution >= 0.6 is 0 Å². The molecule has 0 rings (SSSR count). The maximum Gasteiger partial charge on any atom is 0.306 e. The van der Waals surface area contributed by atoms with Crippen LogP contribution in [0.25, 0.3) is 0 Å². The first-order valence-corrected chi connectivity index (χ1v) is 16.9. The van der Waals surface area contributed by atoms with Crippen molar-refractivity contribution in [3.8, 4) is 0 Å². The van der Waals surface area contributed by atoms with Gasteiger partial charge in [0.1, 0.15) is 12.6 Å². The average molecular weight is 610 g/mol. The predicted molar refractivity (Wildman–Crippen MR) is 171 cm³/mol. The van der Waals surface area contributed by atoms with Gasteiger partial charge in [-0.15, -0.1) is 0 Å². The number of hydrogen-bond donors (Lipinski definition) is 0. The minimum Gasteiger partial charge on any atom is -0.544 e. The summed E-state index contributed by atoms with van der Waals surface area (Å²) >= 11 is 0. The SMILES string of the molecule is CCCC/C=C/C=C/CCCCCC(=O)OC(COCCC(C(=O)[O-])[N+](C)(C)C)COC(=O)CCCCCCCCCC. The first kappa shape index (κ1) is 40.8. The standard InChI is InChI=1S/C35H63NO7/c1-6-8-10-12-14-16-17-18-20-22-24-26-34(38)43-31(29-41-28-27-32(35(39)40)36(3,4)5)30-42-33(37)25-23-21-19-15-13-11-9-7-2/h12,14,16-17,31-32H,6-11,13,15,18-30H2,1-5H3/b14-12+,17-16+. The van der Waals surface area contributed by atoms with E-state index in [9.17, 15) is 19.5 Å². The highest BCUT2D eigenvalue weighted by Gasteiger charge is 2.25. The molecule has 0 saturated carbocycles. The van der Waals surface area contributed by atoms with E-state index in [1.54, 1.807) is 21.1 Å². The number of hydrogen-bond acceptors (Lipinski definition) is 7. The van der Waals surface area contributed by atoms with Gasteiger partial charge < -0.3 is 28.6 Å². The van der Waals surface area contributed by atoms with E-state index in [2.05, 4.69) is 38.2 Å². The fourth-order valence-corrected chi connectivity index (χ4v) is 4.63. The van der Waals surface area contributed by atoms with Gasteiger partial charge in [0, 0.05) is 19.3 Å². The zero-order valence-electron chi connectivity index (χ0n) is 28.1. The van der Waals surface area contributed by atoms with Crippen molar-refractivity contribution in [1.29, 1.82) is 0 Å². The first-order valence-electron chi connectivity index (χ1n) is 16.9. The predicted octanol–water partition coefficient (Wildman–Crippen LogP) is 6.46. The summed E-state index contributed by atoms with van der Waals surface area (Å²) in [5.41, 5.74) is 0. The van der Waals surface area contributed by atoms with Gasteiger partial charge in [0.15, 0.2) is 6.10 Å². The van der Waals surface area contributed by atoms with Crippen molar-refractivity contribution < 1.29 is 38.2 Å². The Balaban J connectivity index is 4.54. The minimum atomic E-state index is -1.13. The Kier molecular flexibility index (Phi) is 26.0. The molecule has 0 amide bonds. The van der Waals surface area contributed by atoms with E-state index in [1.165, 1.54) is 44.9 Å². The Morgan fingerprint density at radius 3 is 1.81 bits per heavy atom. The Morgan fingerprint density at radius 1 is 0.698 bits per heavy atom. The number of carbonyl (C=O) groups excluding carboxylic acids is 3. The third-order valence-electron chi connectivity index (χ3n) is 7.37. The molecule has 0 spiro atoms. The van der Waals surface area contributed by atoms with E-state index in [-0.39, 0.29) is 49.1 Å². The van der Waals surface area contributed by atoms with Crippen LogP contribution in [0.15, 0.2) is 24.3 Å². The highest BCUT2D eigenvalue weighted by molar-refractivity contribution is 5.70. The van der Waals surface area contributed by atoms with Crippen LogP contribution in [0, 0.1) is 0 Å². The lowest BCUT2D eigenvalue weighted by Crippen LogP contribution is -2.55. The van der Waals surface area contributed by atoms with Gasteiger partial charge in [0.05, 0.1) is 40.3 Å². The molecule has 0 aliphatic rings. The summed E-state index contributed by atoms with van der Waals surface area (Å²) in [6.45, 7) is 4.52. The minimum absolute atomic E-state index is 0.0320. The smallest absolute Gasteiger partial charge is 0.306 e. The zero-order chi connectivity index (χ0) is 32.2. The van der Waals surface area contributed by atoms with Crippen LogP contribution in [0.5, 0.6) is 0 Å². The maximum absolute atomic E-state index is 12.5. The van der Waals surface area contributed by atoms with Crippen molar-refractivity contribution in [2.24, 2.45) is 0 Å². The molecule has 0 aliphatic carbocycles. The second kappa shape index (κ2) is 27.4. The topological polar surface area (TPSA) is 102 Å². The van der Waals surface area contributed by atoms with Crippen molar-refractivity contribution in [3.05, 3.63) is 24.3 Å². The van der Waals surface area contributed by atoms with Gasteiger partial charge in [-0.1, -0.05) is 102 Å². The molecule has 0 N–H and O–H groups in total. The van der Waals surface area contributed by atoms with Gasteiger partial charge in [-0.05, 0) is 32.1 Å². The molecule has 43 heavy (non-hydrogen) atoms. The fraction of sp³-hybridized carbons (Fsp3) is 0.800. The van der Waals surface area contributed by atoms with Crippen molar-refractivity contribution in [2.75, 3.05) is 41.0 Å². The Bertz CT molecular complexity index is 773. The van der Waals surface area contributed by atoms with E-state index in [4.69, 9.17) is 14.2 Å². The molecular weight excluding hydrogens is 546 g/mol. The molecule has 2 unspecified atom stereocenters. The summed E-state index contributed by atoms with van der Waals surface area (Å²) in [6.07, 6.45) is 25.0. The largest absolute Gasteiger partial charge is 0.544 e. The van der Waals surface area contributed by atoms with Crippen LogP contribution in [-0.4, -0.2) is 75.5 Å². The second-order valence-electron chi connectivity index (χ2n) is 12.4. The number of carboxylic acid groups (broad SMARTS) is 1. The van der Waals surface area contributed by atoms with Crippen molar-refractivity contribution in [2.45, 2.75) is 142 Å². The van der Waals surface area contributed by atoms with E-state index >= 15 is 0 Å². The average Bonchev–Trinajstić information content (AvgIpc) is 2.94. The fourth-order valence-electron chi connectivity index (χ4n) is 4.63. The van der Waals surface area contributed by atoms with Gasteiger partial charge in [0.2, 0.25) is 0 Å². The number of likely N-dealkylation sites (N-methyl/N-ethyl adjacent to an activating group) is 1. The number of nitrogens with zero attached hydrogens (tertiary/aromatic N) is 1. The molecule has 0 saturated heterocycles.